The van der Waals surface area contributed by atoms with Crippen molar-refractivity contribution in [1.82, 2.24) is 15.1 Å². The van der Waals surface area contributed by atoms with Crippen LogP contribution in [0.3, 0.4) is 0 Å². The highest BCUT2D eigenvalue weighted by Gasteiger charge is 2.38. The van der Waals surface area contributed by atoms with Crippen LogP contribution in [0.1, 0.15) is 58.8 Å². The predicted octanol–water partition coefficient (Wildman–Crippen LogP) is 3.52. The molecule has 3 aliphatic heterocycles. The van der Waals surface area contributed by atoms with Gasteiger partial charge in [-0.3, -0.25) is 0 Å². The van der Waals surface area contributed by atoms with Gasteiger partial charge >= 0.3 is 5.97 Å². The van der Waals surface area contributed by atoms with Crippen LogP contribution < -0.4 is 4.90 Å². The molecule has 5 rings (SSSR count). The summed E-state index contributed by atoms with van der Waals surface area (Å²) < 4.78 is 5.15. The van der Waals surface area contributed by atoms with Gasteiger partial charge < -0.3 is 19.6 Å². The van der Waals surface area contributed by atoms with Crippen LogP contribution in [0.4, 0.5) is 5.82 Å². The van der Waals surface area contributed by atoms with Gasteiger partial charge in [0.25, 0.3) is 0 Å². The molecule has 0 aliphatic carbocycles. The topological polar surface area (TPSA) is 78.8 Å². The number of likely N-dealkylation sites (tertiary alicyclic amines) is 1. The van der Waals surface area contributed by atoms with Gasteiger partial charge in [0.15, 0.2) is 11.0 Å². The molecule has 0 saturated carbocycles. The lowest BCUT2D eigenvalue weighted by Crippen LogP contribution is -2.47. The molecule has 170 valence electrons. The number of halogens is 1. The number of benzene rings is 1. The number of hydrogen-bond donors (Lipinski definition) is 1. The number of rotatable bonds is 4. The number of esters is 1. The Morgan fingerprint density at radius 1 is 1.09 bits per heavy atom. The third-order valence-corrected chi connectivity index (χ3v) is 7.88. The lowest BCUT2D eigenvalue weighted by atomic mass is 9.71. The van der Waals surface area contributed by atoms with Crippen LogP contribution in [0, 0.1) is 12.3 Å². The summed E-state index contributed by atoms with van der Waals surface area (Å²) in [4.78, 5) is 16.4. The second-order valence-corrected chi connectivity index (χ2v) is 9.79. The summed E-state index contributed by atoms with van der Waals surface area (Å²) in [6.07, 6.45) is 4.07. The zero-order valence-corrected chi connectivity index (χ0v) is 19.1. The van der Waals surface area contributed by atoms with Gasteiger partial charge in [-0.1, -0.05) is 17.7 Å². The highest BCUT2D eigenvalue weighted by atomic mass is 35.5. The van der Waals surface area contributed by atoms with Crippen LogP contribution in [-0.2, 0) is 11.3 Å². The van der Waals surface area contributed by atoms with Crippen LogP contribution in [0.2, 0.25) is 5.15 Å². The van der Waals surface area contributed by atoms with Crippen molar-refractivity contribution in [2.75, 3.05) is 37.6 Å². The van der Waals surface area contributed by atoms with Crippen molar-refractivity contribution in [3.63, 3.8) is 0 Å². The fourth-order valence-corrected chi connectivity index (χ4v) is 5.57. The Morgan fingerprint density at radius 2 is 1.81 bits per heavy atom. The van der Waals surface area contributed by atoms with Crippen molar-refractivity contribution >= 4 is 23.4 Å². The Hall–Kier alpha value is -2.22. The largest absolute Gasteiger partial charge is 0.457 e. The summed E-state index contributed by atoms with van der Waals surface area (Å²) in [5.41, 5.74) is 3.82. The summed E-state index contributed by atoms with van der Waals surface area (Å²) in [6, 6.07) is 7.42. The highest BCUT2D eigenvalue weighted by molar-refractivity contribution is 6.29. The van der Waals surface area contributed by atoms with E-state index in [0.29, 0.717) is 29.3 Å². The van der Waals surface area contributed by atoms with Crippen LogP contribution in [0.5, 0.6) is 0 Å². The SMILES string of the molecule is Cc1c([C@@H](O)CN2CCC3(CC2)CCN(c2ccc(Cl)nn2)CC3)ccc2c1COC2=O. The first-order valence-corrected chi connectivity index (χ1v) is 11.8. The molecule has 1 N–H and O–H groups in total. The molecule has 3 aliphatic rings. The lowest BCUT2D eigenvalue weighted by molar-refractivity contribution is 0.0447. The number of aliphatic hydroxyl groups excluding tert-OH is 1. The van der Waals surface area contributed by atoms with E-state index in [0.717, 1.165) is 74.4 Å². The van der Waals surface area contributed by atoms with Gasteiger partial charge in [0.2, 0.25) is 0 Å². The van der Waals surface area contributed by atoms with Gasteiger partial charge in [-0.25, -0.2) is 4.79 Å². The van der Waals surface area contributed by atoms with Crippen molar-refractivity contribution in [3.05, 3.63) is 51.7 Å². The minimum absolute atomic E-state index is 0.264. The van der Waals surface area contributed by atoms with E-state index in [9.17, 15) is 9.90 Å². The summed E-state index contributed by atoms with van der Waals surface area (Å²) >= 11 is 5.86. The molecule has 1 spiro atoms. The maximum atomic E-state index is 11.8. The Morgan fingerprint density at radius 3 is 2.50 bits per heavy atom. The summed E-state index contributed by atoms with van der Waals surface area (Å²) in [5.74, 6) is 0.640. The molecule has 2 saturated heterocycles. The normalized spacial score (nSPS) is 21.5. The number of β-amino-alcohol motifs (C(OH)–C–C–N with tert-alkyl or cyclic N) is 1. The third-order valence-electron chi connectivity index (χ3n) is 7.68. The maximum Gasteiger partial charge on any atom is 0.338 e. The Balaban J connectivity index is 1.15. The van der Waals surface area contributed by atoms with E-state index in [1.54, 1.807) is 12.1 Å². The van der Waals surface area contributed by atoms with Gasteiger partial charge in [-0.05, 0) is 80.4 Å². The second-order valence-electron chi connectivity index (χ2n) is 9.40. The lowest BCUT2D eigenvalue weighted by Gasteiger charge is -2.47. The number of fused-ring (bicyclic) bond motifs is 1. The number of aliphatic hydroxyl groups is 1. The molecule has 2 aromatic rings. The zero-order valence-electron chi connectivity index (χ0n) is 18.4. The standard InChI is InChI=1S/C24H29ClN4O3/c1-16-17(2-3-18-19(16)15-32-23(18)31)20(30)14-28-10-6-24(7-11-28)8-12-29(13-9-24)22-5-4-21(25)26-27-22/h2-5,20,30H,6-15H2,1H3/t20-/m0/s1. The molecule has 0 unspecified atom stereocenters. The number of ether oxygens (including phenoxy) is 1. The molecule has 1 atom stereocenters. The van der Waals surface area contributed by atoms with Crippen LogP contribution in [-0.4, -0.2) is 58.9 Å². The average molecular weight is 457 g/mol. The van der Waals surface area contributed by atoms with Crippen molar-refractivity contribution in [3.8, 4) is 0 Å². The molecular weight excluding hydrogens is 428 g/mol. The molecule has 0 amide bonds. The van der Waals surface area contributed by atoms with Gasteiger partial charge in [-0.2, -0.15) is 0 Å². The van der Waals surface area contributed by atoms with Gasteiger partial charge in [-0.15, -0.1) is 10.2 Å². The number of carbonyl (C=O) groups excluding carboxylic acids is 1. The van der Waals surface area contributed by atoms with Crippen molar-refractivity contribution < 1.29 is 14.6 Å². The first-order chi connectivity index (χ1) is 15.4. The smallest absolute Gasteiger partial charge is 0.338 e. The summed E-state index contributed by atoms with van der Waals surface area (Å²) in [6.45, 7) is 6.90. The summed E-state index contributed by atoms with van der Waals surface area (Å²) in [5, 5.41) is 19.6. The molecule has 0 radical (unpaired) electrons. The predicted molar refractivity (Wildman–Crippen MR) is 122 cm³/mol. The molecule has 8 heteroatoms. The van der Waals surface area contributed by atoms with Crippen molar-refractivity contribution in [2.45, 2.75) is 45.3 Å². The second kappa shape index (κ2) is 8.61. The van der Waals surface area contributed by atoms with Gasteiger partial charge in [0.05, 0.1) is 11.7 Å². The van der Waals surface area contributed by atoms with Gasteiger partial charge in [0, 0.05) is 25.2 Å². The average Bonchev–Trinajstić information content (AvgIpc) is 3.18. The van der Waals surface area contributed by atoms with E-state index in [2.05, 4.69) is 20.0 Å². The molecule has 4 heterocycles. The number of carbonyl (C=O) groups is 1. The maximum absolute atomic E-state index is 11.8. The zero-order chi connectivity index (χ0) is 22.3. The third kappa shape index (κ3) is 4.09. The molecule has 7 nitrogen and oxygen atoms in total. The van der Waals surface area contributed by atoms with E-state index in [1.807, 2.05) is 19.1 Å². The fourth-order valence-electron chi connectivity index (χ4n) is 5.47. The van der Waals surface area contributed by atoms with E-state index in [4.69, 9.17) is 16.3 Å². The Labute approximate surface area is 193 Å². The monoisotopic (exact) mass is 456 g/mol. The molecule has 2 fully saturated rings. The number of anilines is 1. The number of piperidine rings is 2. The molecule has 32 heavy (non-hydrogen) atoms. The first kappa shape index (κ1) is 21.6. The van der Waals surface area contributed by atoms with Gasteiger partial charge in [0.1, 0.15) is 6.61 Å². The number of hydrogen-bond acceptors (Lipinski definition) is 7. The fraction of sp³-hybridized carbons (Fsp3) is 0.542. The first-order valence-electron chi connectivity index (χ1n) is 11.4. The van der Waals surface area contributed by atoms with E-state index in [1.165, 1.54) is 0 Å². The number of nitrogens with zero attached hydrogens (tertiary/aromatic N) is 4. The minimum atomic E-state index is -0.560. The molecular formula is C24H29ClN4O3. The molecule has 1 aromatic heterocycles. The van der Waals surface area contributed by atoms with E-state index < -0.39 is 6.10 Å². The van der Waals surface area contributed by atoms with Crippen LogP contribution in [0.15, 0.2) is 24.3 Å². The Bertz CT molecular complexity index is 995. The Kier molecular flexibility index (Phi) is 5.82. The molecule has 0 bridgehead atoms. The minimum Gasteiger partial charge on any atom is -0.457 e. The molecule has 1 aromatic carbocycles. The van der Waals surface area contributed by atoms with E-state index >= 15 is 0 Å². The van der Waals surface area contributed by atoms with E-state index in [-0.39, 0.29) is 5.97 Å². The summed E-state index contributed by atoms with van der Waals surface area (Å²) in [7, 11) is 0. The van der Waals surface area contributed by atoms with Crippen LogP contribution >= 0.6 is 11.6 Å². The number of cyclic esters (lactones) is 1. The quantitative estimate of drug-likeness (QED) is 0.705. The van der Waals surface area contributed by atoms with Crippen molar-refractivity contribution in [2.24, 2.45) is 5.41 Å². The highest BCUT2D eigenvalue weighted by Crippen LogP contribution is 2.42. The van der Waals surface area contributed by atoms with Crippen LogP contribution in [0.25, 0.3) is 0 Å². The number of aromatic nitrogens is 2. The van der Waals surface area contributed by atoms with Crippen molar-refractivity contribution in [1.29, 1.82) is 0 Å².